The van der Waals surface area contributed by atoms with Crippen LogP contribution < -0.4 is 0 Å². The molecule has 0 spiro atoms. The molecule has 18 heavy (non-hydrogen) atoms. The molecule has 2 nitrogen and oxygen atoms in total. The largest absolute Gasteiger partial charge is 0.378 e. The summed E-state index contributed by atoms with van der Waals surface area (Å²) < 4.78 is 3.85. The molecule has 0 atom stereocenters. The number of alkyl halides is 2. The van der Waals surface area contributed by atoms with E-state index in [1.54, 1.807) is 24.3 Å². The summed E-state index contributed by atoms with van der Waals surface area (Å²) in [7, 11) is 0. The molecule has 1 aromatic rings. The number of carbonyl (C=O) groups is 1. The zero-order valence-electron chi connectivity index (χ0n) is 10.7. The average molecular weight is 289 g/mol. The number of hydrogen-bond donors (Lipinski definition) is 0. The zero-order valence-corrected chi connectivity index (χ0v) is 12.2. The van der Waals surface area contributed by atoms with Crippen LogP contribution in [0, 0.1) is 5.92 Å². The molecule has 0 aliphatic heterocycles. The first kappa shape index (κ1) is 15.5. The molecule has 1 aromatic carbocycles. The fourth-order valence-corrected chi connectivity index (χ4v) is 1.76. The van der Waals surface area contributed by atoms with Gasteiger partial charge in [-0.15, -0.1) is 0 Å². The number of Topliss-reactive ketones (excluding diaryl/α,β-unsaturated/α-hetero) is 1. The Morgan fingerprint density at radius 1 is 1.28 bits per heavy atom. The summed E-state index contributed by atoms with van der Waals surface area (Å²) in [6, 6.07) is 8.76. The molecule has 0 saturated heterocycles. The topological polar surface area (TPSA) is 26.3 Å². The number of carbonyl (C=O) groups excluding carboxylic acids is 1. The van der Waals surface area contributed by atoms with E-state index < -0.39 is 4.33 Å². The quantitative estimate of drug-likeness (QED) is 0.429. The molecule has 0 amide bonds. The minimum atomic E-state index is -1.52. The molecule has 0 aliphatic rings. The molecule has 0 aliphatic carbocycles. The maximum Gasteiger partial charge on any atom is 0.203 e. The summed E-state index contributed by atoms with van der Waals surface area (Å²) in [5.74, 6) is 0.228. The van der Waals surface area contributed by atoms with Crippen LogP contribution in [0.1, 0.15) is 30.6 Å². The van der Waals surface area contributed by atoms with Crippen molar-refractivity contribution in [1.29, 1.82) is 0 Å². The second-order valence-corrected chi connectivity index (χ2v) is 6.12. The second-order valence-electron chi connectivity index (χ2n) is 4.63. The smallest absolute Gasteiger partial charge is 0.203 e. The van der Waals surface area contributed by atoms with Crippen LogP contribution in [-0.2, 0) is 4.74 Å². The molecule has 0 N–H and O–H groups in total. The van der Waals surface area contributed by atoms with Gasteiger partial charge >= 0.3 is 0 Å². The number of ether oxygens (including phenoxy) is 1. The van der Waals surface area contributed by atoms with Gasteiger partial charge in [0.15, 0.2) is 0 Å². The summed E-state index contributed by atoms with van der Waals surface area (Å²) in [5.41, 5.74) is 0.495. The van der Waals surface area contributed by atoms with Gasteiger partial charge in [-0.05, 0) is 12.3 Å². The van der Waals surface area contributed by atoms with Crippen LogP contribution in [0.15, 0.2) is 30.3 Å². The van der Waals surface area contributed by atoms with Crippen molar-refractivity contribution in [3.05, 3.63) is 35.9 Å². The monoisotopic (exact) mass is 288 g/mol. The van der Waals surface area contributed by atoms with E-state index in [4.69, 9.17) is 27.9 Å². The molecule has 100 valence electrons. The van der Waals surface area contributed by atoms with Crippen molar-refractivity contribution in [2.75, 3.05) is 13.2 Å². The fraction of sp³-hybridized carbons (Fsp3) is 0.500. The van der Waals surface area contributed by atoms with E-state index in [0.717, 1.165) is 6.42 Å². The highest BCUT2D eigenvalue weighted by Crippen LogP contribution is 2.26. The van der Waals surface area contributed by atoms with E-state index in [0.29, 0.717) is 18.1 Å². The predicted molar refractivity (Wildman–Crippen MR) is 75.5 cm³/mol. The van der Waals surface area contributed by atoms with Gasteiger partial charge in [-0.3, -0.25) is 4.79 Å². The standard InChI is InChI=1S/C14H18Cl2O2/c1-11(2)8-9-18-10-14(15,16)13(17)12-6-4-3-5-7-12/h3-7,11H,8-10H2,1-2H3. The lowest BCUT2D eigenvalue weighted by atomic mass is 10.1. The first-order chi connectivity index (χ1) is 8.43. The zero-order chi connectivity index (χ0) is 13.6. The molecule has 0 heterocycles. The third-order valence-electron chi connectivity index (χ3n) is 2.49. The van der Waals surface area contributed by atoms with Crippen LogP contribution in [-0.4, -0.2) is 23.3 Å². The van der Waals surface area contributed by atoms with Gasteiger partial charge in [0.25, 0.3) is 0 Å². The van der Waals surface area contributed by atoms with Crippen molar-refractivity contribution in [2.45, 2.75) is 24.6 Å². The molecule has 4 heteroatoms. The Balaban J connectivity index is 2.50. The van der Waals surface area contributed by atoms with Crippen molar-refractivity contribution in [3.63, 3.8) is 0 Å². The Kier molecular flexibility index (Phi) is 6.13. The summed E-state index contributed by atoms with van der Waals surface area (Å²) in [6.45, 7) is 4.78. The van der Waals surface area contributed by atoms with E-state index in [1.165, 1.54) is 0 Å². The Labute approximate surface area is 118 Å². The van der Waals surface area contributed by atoms with E-state index in [2.05, 4.69) is 13.8 Å². The van der Waals surface area contributed by atoms with Gasteiger partial charge in [0.1, 0.15) is 0 Å². The number of rotatable bonds is 7. The molecule has 0 saturated carbocycles. The Morgan fingerprint density at radius 2 is 1.89 bits per heavy atom. The van der Waals surface area contributed by atoms with Crippen molar-refractivity contribution >= 4 is 29.0 Å². The molecule has 0 radical (unpaired) electrons. The number of ketones is 1. The third kappa shape index (κ3) is 4.97. The predicted octanol–water partition coefficient (Wildman–Crippen LogP) is 4.11. The van der Waals surface area contributed by atoms with Crippen LogP contribution in [0.4, 0.5) is 0 Å². The van der Waals surface area contributed by atoms with Crippen LogP contribution in [0.2, 0.25) is 0 Å². The van der Waals surface area contributed by atoms with Gasteiger partial charge < -0.3 is 4.74 Å². The van der Waals surface area contributed by atoms with E-state index in [-0.39, 0.29) is 12.4 Å². The van der Waals surface area contributed by atoms with Gasteiger partial charge in [-0.1, -0.05) is 67.4 Å². The van der Waals surface area contributed by atoms with Gasteiger partial charge in [0.2, 0.25) is 10.1 Å². The third-order valence-corrected chi connectivity index (χ3v) is 3.05. The highest BCUT2D eigenvalue weighted by molar-refractivity contribution is 6.60. The Bertz CT molecular complexity index is 375. The molecule has 0 aromatic heterocycles. The Morgan fingerprint density at radius 3 is 2.44 bits per heavy atom. The lowest BCUT2D eigenvalue weighted by Crippen LogP contribution is -2.32. The van der Waals surface area contributed by atoms with Crippen molar-refractivity contribution < 1.29 is 9.53 Å². The van der Waals surface area contributed by atoms with Gasteiger partial charge in [0.05, 0.1) is 6.61 Å². The number of halogens is 2. The van der Waals surface area contributed by atoms with Crippen molar-refractivity contribution in [1.82, 2.24) is 0 Å². The fourth-order valence-electron chi connectivity index (χ4n) is 1.39. The number of hydrogen-bond acceptors (Lipinski definition) is 2. The minimum Gasteiger partial charge on any atom is -0.378 e. The van der Waals surface area contributed by atoms with Gasteiger partial charge in [-0.2, -0.15) is 0 Å². The van der Waals surface area contributed by atoms with E-state index >= 15 is 0 Å². The first-order valence-corrected chi connectivity index (χ1v) is 6.74. The maximum atomic E-state index is 12.1. The summed E-state index contributed by atoms with van der Waals surface area (Å²) in [6.07, 6.45) is 0.920. The molecular formula is C14H18Cl2O2. The van der Waals surface area contributed by atoms with Crippen LogP contribution in [0.25, 0.3) is 0 Å². The summed E-state index contributed by atoms with van der Waals surface area (Å²) in [5, 5.41) is 0. The van der Waals surface area contributed by atoms with Crippen molar-refractivity contribution in [3.8, 4) is 0 Å². The maximum absolute atomic E-state index is 12.1. The second kappa shape index (κ2) is 7.13. The van der Waals surface area contributed by atoms with Gasteiger partial charge in [-0.25, -0.2) is 0 Å². The highest BCUT2D eigenvalue weighted by Gasteiger charge is 2.34. The lowest BCUT2D eigenvalue weighted by Gasteiger charge is -2.18. The molecular weight excluding hydrogens is 271 g/mol. The van der Waals surface area contributed by atoms with Gasteiger partial charge in [0, 0.05) is 12.2 Å². The SMILES string of the molecule is CC(C)CCOCC(Cl)(Cl)C(=O)c1ccccc1. The molecule has 0 bridgehead atoms. The van der Waals surface area contributed by atoms with E-state index in [1.807, 2.05) is 6.07 Å². The number of benzene rings is 1. The normalized spacial score (nSPS) is 11.8. The first-order valence-electron chi connectivity index (χ1n) is 5.99. The summed E-state index contributed by atoms with van der Waals surface area (Å²) >= 11 is 12.1. The molecule has 0 fully saturated rings. The van der Waals surface area contributed by atoms with Crippen molar-refractivity contribution in [2.24, 2.45) is 5.92 Å². The Hall–Kier alpha value is -0.570. The van der Waals surface area contributed by atoms with E-state index in [9.17, 15) is 4.79 Å². The molecule has 0 unspecified atom stereocenters. The molecule has 1 rings (SSSR count). The van der Waals surface area contributed by atoms with Crippen LogP contribution in [0.5, 0.6) is 0 Å². The lowest BCUT2D eigenvalue weighted by molar-refractivity contribution is 0.0832. The average Bonchev–Trinajstić information content (AvgIpc) is 2.34. The highest BCUT2D eigenvalue weighted by atomic mass is 35.5. The summed E-state index contributed by atoms with van der Waals surface area (Å²) in [4.78, 5) is 12.1. The minimum absolute atomic E-state index is 0.0105. The van der Waals surface area contributed by atoms with Crippen LogP contribution >= 0.6 is 23.2 Å². The van der Waals surface area contributed by atoms with Crippen LogP contribution in [0.3, 0.4) is 0 Å².